The fraction of sp³-hybridized carbons (Fsp3) is 0.154. The summed E-state index contributed by atoms with van der Waals surface area (Å²) in [6.45, 7) is 5.47. The third-order valence-electron chi connectivity index (χ3n) is 5.97. The van der Waals surface area contributed by atoms with Gasteiger partial charge >= 0.3 is 5.97 Å². The van der Waals surface area contributed by atoms with Crippen LogP contribution in [0.1, 0.15) is 32.9 Å². The molecule has 0 atom stereocenters. The summed E-state index contributed by atoms with van der Waals surface area (Å²) in [5.74, 6) is -1.74. The molecule has 1 fully saturated rings. The summed E-state index contributed by atoms with van der Waals surface area (Å²) in [7, 11) is 1.49. The van der Waals surface area contributed by atoms with Gasteiger partial charge in [-0.05, 0) is 80.5 Å². The molecule has 35 heavy (non-hydrogen) atoms. The van der Waals surface area contributed by atoms with Gasteiger partial charge in [0.1, 0.15) is 11.3 Å². The predicted octanol–water partition coefficient (Wildman–Crippen LogP) is 3.94. The minimum Gasteiger partial charge on any atom is -0.495 e. The molecule has 3 aromatic rings. The Hall–Kier alpha value is -4.24. The zero-order valence-electron chi connectivity index (χ0n) is 19.6. The van der Waals surface area contributed by atoms with E-state index in [0.29, 0.717) is 28.3 Å². The molecule has 1 saturated heterocycles. The van der Waals surface area contributed by atoms with Gasteiger partial charge in [-0.15, -0.1) is 0 Å². The van der Waals surface area contributed by atoms with Crippen LogP contribution in [-0.2, 0) is 9.59 Å². The number of amides is 2. The molecular weight excluding hydrogens is 466 g/mol. The van der Waals surface area contributed by atoms with Gasteiger partial charge in [0.2, 0.25) is 0 Å². The molecule has 178 valence electrons. The zero-order chi connectivity index (χ0) is 25.4. The van der Waals surface area contributed by atoms with Gasteiger partial charge in [0, 0.05) is 17.1 Å². The van der Waals surface area contributed by atoms with Crippen LogP contribution < -0.4 is 15.0 Å². The molecule has 0 unspecified atom stereocenters. The van der Waals surface area contributed by atoms with Crippen molar-refractivity contribution >= 4 is 46.9 Å². The van der Waals surface area contributed by atoms with Crippen molar-refractivity contribution < 1.29 is 24.2 Å². The Balaban J connectivity index is 1.81. The van der Waals surface area contributed by atoms with E-state index in [1.807, 2.05) is 30.5 Å². The average Bonchev–Trinajstić information content (AvgIpc) is 3.09. The highest BCUT2D eigenvalue weighted by atomic mass is 32.1. The molecule has 2 amide bonds. The first kappa shape index (κ1) is 23.9. The van der Waals surface area contributed by atoms with Gasteiger partial charge in [0.15, 0.2) is 5.11 Å². The van der Waals surface area contributed by atoms with Crippen molar-refractivity contribution in [3.63, 3.8) is 0 Å². The first-order valence-corrected chi connectivity index (χ1v) is 11.1. The van der Waals surface area contributed by atoms with Crippen LogP contribution in [0.15, 0.2) is 54.1 Å². The van der Waals surface area contributed by atoms with E-state index in [-0.39, 0.29) is 16.2 Å². The molecule has 2 N–H and O–H groups in total. The fourth-order valence-electron chi connectivity index (χ4n) is 4.25. The Kier molecular flexibility index (Phi) is 6.27. The lowest BCUT2D eigenvalue weighted by Crippen LogP contribution is -2.54. The third-order valence-corrected chi connectivity index (χ3v) is 6.26. The minimum absolute atomic E-state index is 0.0340. The molecule has 0 bridgehead atoms. The molecule has 9 heteroatoms. The van der Waals surface area contributed by atoms with Crippen LogP contribution in [0, 0.1) is 20.8 Å². The van der Waals surface area contributed by atoms with Crippen molar-refractivity contribution in [1.29, 1.82) is 0 Å². The quantitative estimate of drug-likeness (QED) is 0.320. The lowest BCUT2D eigenvalue weighted by Gasteiger charge is -2.29. The monoisotopic (exact) mass is 489 g/mol. The van der Waals surface area contributed by atoms with Crippen LogP contribution >= 0.6 is 12.2 Å². The number of carboxylic acids is 1. The maximum Gasteiger partial charge on any atom is 0.336 e. The van der Waals surface area contributed by atoms with Crippen molar-refractivity contribution in [2.45, 2.75) is 20.8 Å². The largest absolute Gasteiger partial charge is 0.495 e. The molecule has 1 aliphatic rings. The maximum absolute atomic E-state index is 13.4. The van der Waals surface area contributed by atoms with Gasteiger partial charge in [0.05, 0.1) is 18.4 Å². The second kappa shape index (κ2) is 9.19. The van der Waals surface area contributed by atoms with E-state index in [4.69, 9.17) is 17.0 Å². The summed E-state index contributed by atoms with van der Waals surface area (Å²) in [6.07, 6.45) is 1.52. The number of para-hydroxylation sites is 2. The van der Waals surface area contributed by atoms with E-state index in [1.54, 1.807) is 43.3 Å². The summed E-state index contributed by atoms with van der Waals surface area (Å²) < 4.78 is 7.27. The summed E-state index contributed by atoms with van der Waals surface area (Å²) >= 11 is 5.29. The van der Waals surface area contributed by atoms with Crippen LogP contribution in [0.4, 0.5) is 5.69 Å². The van der Waals surface area contributed by atoms with E-state index in [9.17, 15) is 19.5 Å². The standard InChI is InChI=1S/C26H23N3O5S/c1-14-12-17(16(3)28(14)20-10-7-8-18(15(20)2)25(32)33)13-19-23(30)27-26(35)29(24(19)31)21-9-5-6-11-22(21)34-4/h5-13H,1-4H3,(H,32,33)(H,27,30,35). The molecule has 0 spiro atoms. The van der Waals surface area contributed by atoms with E-state index in [2.05, 4.69) is 5.32 Å². The second-order valence-corrected chi connectivity index (χ2v) is 8.43. The number of carbonyl (C=O) groups is 3. The first-order valence-electron chi connectivity index (χ1n) is 10.7. The lowest BCUT2D eigenvalue weighted by molar-refractivity contribution is -0.122. The number of rotatable bonds is 5. The van der Waals surface area contributed by atoms with E-state index < -0.39 is 17.8 Å². The topological polar surface area (TPSA) is 101 Å². The number of hydrogen-bond acceptors (Lipinski definition) is 5. The van der Waals surface area contributed by atoms with Crippen LogP contribution in [0.5, 0.6) is 5.75 Å². The number of aromatic nitrogens is 1. The zero-order valence-corrected chi connectivity index (χ0v) is 20.4. The summed E-state index contributed by atoms with van der Waals surface area (Å²) in [5, 5.41) is 12.1. The van der Waals surface area contributed by atoms with Gasteiger partial charge < -0.3 is 14.4 Å². The van der Waals surface area contributed by atoms with E-state index >= 15 is 0 Å². The normalized spacial score (nSPS) is 14.9. The van der Waals surface area contributed by atoms with Gasteiger partial charge in [-0.2, -0.15) is 0 Å². The summed E-state index contributed by atoms with van der Waals surface area (Å²) in [4.78, 5) is 39.1. The second-order valence-electron chi connectivity index (χ2n) is 8.05. The Morgan fingerprint density at radius 1 is 1.06 bits per heavy atom. The van der Waals surface area contributed by atoms with Crippen molar-refractivity contribution in [2.75, 3.05) is 12.0 Å². The SMILES string of the molecule is COc1ccccc1N1C(=O)C(=Cc2cc(C)n(-c3cccc(C(=O)O)c3C)c2C)C(=O)NC1=S. The number of anilines is 1. The minimum atomic E-state index is -1.01. The van der Waals surface area contributed by atoms with Crippen LogP contribution in [0.2, 0.25) is 0 Å². The lowest BCUT2D eigenvalue weighted by atomic mass is 10.1. The number of aromatic carboxylic acids is 1. The molecule has 2 aromatic carbocycles. The van der Waals surface area contributed by atoms with Gasteiger partial charge in [-0.1, -0.05) is 18.2 Å². The number of carboxylic acid groups (broad SMARTS) is 1. The molecule has 0 saturated carbocycles. The number of methoxy groups -OCH3 is 1. The Morgan fingerprint density at radius 3 is 2.43 bits per heavy atom. The average molecular weight is 490 g/mol. The number of thiocarbonyl (C=S) groups is 1. The number of carbonyl (C=O) groups excluding carboxylic acids is 2. The first-order chi connectivity index (χ1) is 16.6. The highest BCUT2D eigenvalue weighted by Gasteiger charge is 2.36. The van der Waals surface area contributed by atoms with E-state index in [1.165, 1.54) is 18.1 Å². The van der Waals surface area contributed by atoms with Crippen LogP contribution in [-0.4, -0.2) is 39.7 Å². The van der Waals surface area contributed by atoms with Crippen LogP contribution in [0.3, 0.4) is 0 Å². The van der Waals surface area contributed by atoms with Gasteiger partial charge in [0.25, 0.3) is 11.8 Å². The van der Waals surface area contributed by atoms with E-state index in [0.717, 1.165) is 11.4 Å². The Morgan fingerprint density at radius 2 is 1.74 bits per heavy atom. The van der Waals surface area contributed by atoms with Crippen molar-refractivity contribution in [1.82, 2.24) is 9.88 Å². The highest BCUT2D eigenvalue weighted by Crippen LogP contribution is 2.32. The number of hydrogen-bond donors (Lipinski definition) is 2. The number of nitrogens with zero attached hydrogens (tertiary/aromatic N) is 2. The number of benzene rings is 2. The predicted molar refractivity (Wildman–Crippen MR) is 136 cm³/mol. The molecule has 4 rings (SSSR count). The maximum atomic E-state index is 13.4. The molecule has 1 aliphatic heterocycles. The summed E-state index contributed by atoms with van der Waals surface area (Å²) in [5.41, 5.74) is 4.08. The smallest absolute Gasteiger partial charge is 0.336 e. The molecule has 2 heterocycles. The number of ether oxygens (including phenoxy) is 1. The molecule has 0 aliphatic carbocycles. The van der Waals surface area contributed by atoms with Crippen molar-refractivity contribution in [3.05, 3.63) is 82.2 Å². The number of aryl methyl sites for hydroxylation is 1. The van der Waals surface area contributed by atoms with Crippen molar-refractivity contribution in [2.24, 2.45) is 0 Å². The third kappa shape index (κ3) is 4.10. The van der Waals surface area contributed by atoms with Gasteiger partial charge in [-0.25, -0.2) is 9.69 Å². The fourth-order valence-corrected chi connectivity index (χ4v) is 4.52. The molecule has 8 nitrogen and oxygen atoms in total. The van der Waals surface area contributed by atoms with Gasteiger partial charge in [-0.3, -0.25) is 14.9 Å². The van der Waals surface area contributed by atoms with Crippen molar-refractivity contribution in [3.8, 4) is 11.4 Å². The molecule has 0 radical (unpaired) electrons. The summed E-state index contributed by atoms with van der Waals surface area (Å²) in [6, 6.07) is 13.8. The Bertz CT molecular complexity index is 1440. The number of nitrogens with one attached hydrogen (secondary N) is 1. The highest BCUT2D eigenvalue weighted by molar-refractivity contribution is 7.80. The molecule has 1 aromatic heterocycles. The molecular formula is C26H23N3O5S. The Labute approximate surface area is 207 Å². The van der Waals surface area contributed by atoms with Crippen LogP contribution in [0.25, 0.3) is 11.8 Å².